The molecule has 3 nitrogen and oxygen atoms in total. The van der Waals surface area contributed by atoms with E-state index in [1.165, 1.54) is 12.1 Å². The van der Waals surface area contributed by atoms with E-state index in [9.17, 15) is 9.50 Å². The zero-order valence-electron chi connectivity index (χ0n) is 14.6. The van der Waals surface area contributed by atoms with Crippen molar-refractivity contribution in [2.24, 2.45) is 0 Å². The summed E-state index contributed by atoms with van der Waals surface area (Å²) in [6, 6.07) is 6.43. The van der Waals surface area contributed by atoms with Crippen LogP contribution in [0.4, 0.5) is 10.1 Å². The first-order chi connectivity index (χ1) is 11.1. The summed E-state index contributed by atoms with van der Waals surface area (Å²) >= 11 is 6.15. The molecule has 0 radical (unpaired) electrons. The van der Waals surface area contributed by atoms with Crippen LogP contribution in [0.25, 0.3) is 0 Å². The van der Waals surface area contributed by atoms with Gasteiger partial charge in [0.1, 0.15) is 17.3 Å². The number of aromatic hydroxyl groups is 1. The van der Waals surface area contributed by atoms with Gasteiger partial charge in [-0.25, -0.2) is 4.39 Å². The first-order valence-electron chi connectivity index (χ1n) is 7.73. The van der Waals surface area contributed by atoms with E-state index in [-0.39, 0.29) is 16.9 Å². The molecule has 0 aliphatic rings. The van der Waals surface area contributed by atoms with E-state index < -0.39 is 5.82 Å². The number of phenolic OH excluding ortho intramolecular Hbond substituents is 1. The quantitative estimate of drug-likeness (QED) is 0.773. The minimum absolute atomic E-state index is 0.0697. The summed E-state index contributed by atoms with van der Waals surface area (Å²) in [7, 11) is 1.58. The number of aryl methyl sites for hydroxylation is 1. The van der Waals surface area contributed by atoms with Crippen molar-refractivity contribution in [2.45, 2.75) is 39.7 Å². The minimum Gasteiger partial charge on any atom is -0.508 e. The molecule has 2 rings (SSSR count). The van der Waals surface area contributed by atoms with Crippen LogP contribution in [0.3, 0.4) is 0 Å². The fourth-order valence-corrected chi connectivity index (χ4v) is 2.70. The Labute approximate surface area is 147 Å². The number of nitrogens with one attached hydrogen (secondary N) is 1. The van der Waals surface area contributed by atoms with E-state index in [1.807, 2.05) is 33.8 Å². The second-order valence-corrected chi connectivity index (χ2v) is 7.27. The minimum atomic E-state index is -0.407. The van der Waals surface area contributed by atoms with Crippen LogP contribution in [0.2, 0.25) is 5.02 Å². The van der Waals surface area contributed by atoms with Crippen molar-refractivity contribution in [3.63, 3.8) is 0 Å². The molecule has 0 heterocycles. The molecule has 0 saturated heterocycles. The van der Waals surface area contributed by atoms with Gasteiger partial charge >= 0.3 is 0 Å². The molecule has 24 heavy (non-hydrogen) atoms. The maximum absolute atomic E-state index is 14.4. The van der Waals surface area contributed by atoms with Crippen LogP contribution >= 0.6 is 11.6 Å². The molecule has 130 valence electrons. The van der Waals surface area contributed by atoms with Crippen LogP contribution in [-0.2, 0) is 12.0 Å². The van der Waals surface area contributed by atoms with Gasteiger partial charge < -0.3 is 15.2 Å². The maximum Gasteiger partial charge on any atom is 0.146 e. The average Bonchev–Trinajstić information content (AvgIpc) is 2.49. The van der Waals surface area contributed by atoms with E-state index in [0.29, 0.717) is 22.9 Å². The highest BCUT2D eigenvalue weighted by Gasteiger charge is 2.20. The lowest BCUT2D eigenvalue weighted by atomic mass is 9.86. The Morgan fingerprint density at radius 2 is 1.88 bits per heavy atom. The summed E-state index contributed by atoms with van der Waals surface area (Å²) in [6.45, 7) is 7.99. The van der Waals surface area contributed by atoms with Crippen LogP contribution in [0.1, 0.15) is 37.5 Å². The molecule has 0 bridgehead atoms. The van der Waals surface area contributed by atoms with Crippen LogP contribution in [0.15, 0.2) is 24.3 Å². The SMILES string of the molecule is COc1cc(C)c(Cl)cc1CNc1cc(O)c(C(C)(C)C)cc1F. The summed E-state index contributed by atoms with van der Waals surface area (Å²) in [5.41, 5.74) is 2.19. The van der Waals surface area contributed by atoms with Gasteiger partial charge in [0.05, 0.1) is 12.8 Å². The lowest BCUT2D eigenvalue weighted by molar-refractivity contribution is 0.410. The molecule has 0 aliphatic heterocycles. The maximum atomic E-state index is 14.4. The molecule has 2 aromatic carbocycles. The van der Waals surface area contributed by atoms with Gasteiger partial charge in [-0.05, 0) is 36.1 Å². The monoisotopic (exact) mass is 351 g/mol. The number of ether oxygens (including phenoxy) is 1. The number of hydrogen-bond acceptors (Lipinski definition) is 3. The molecular formula is C19H23ClFNO2. The molecular weight excluding hydrogens is 329 g/mol. The van der Waals surface area contributed by atoms with Crippen molar-refractivity contribution in [1.82, 2.24) is 0 Å². The van der Waals surface area contributed by atoms with E-state index in [4.69, 9.17) is 16.3 Å². The Hall–Kier alpha value is -1.94. The highest BCUT2D eigenvalue weighted by atomic mass is 35.5. The van der Waals surface area contributed by atoms with Gasteiger partial charge in [0.25, 0.3) is 0 Å². The molecule has 0 fully saturated rings. The van der Waals surface area contributed by atoms with E-state index in [1.54, 1.807) is 13.2 Å². The summed E-state index contributed by atoms with van der Waals surface area (Å²) in [5, 5.41) is 13.8. The molecule has 0 aromatic heterocycles. The molecule has 0 saturated carbocycles. The number of anilines is 1. The van der Waals surface area contributed by atoms with Crippen LogP contribution in [0, 0.1) is 12.7 Å². The highest BCUT2D eigenvalue weighted by Crippen LogP contribution is 2.35. The van der Waals surface area contributed by atoms with Gasteiger partial charge in [-0.3, -0.25) is 0 Å². The number of phenols is 1. The predicted molar refractivity (Wildman–Crippen MR) is 96.8 cm³/mol. The summed E-state index contributed by atoms with van der Waals surface area (Å²) in [6.07, 6.45) is 0. The van der Waals surface area contributed by atoms with Gasteiger partial charge in [0.2, 0.25) is 0 Å². The van der Waals surface area contributed by atoms with E-state index in [0.717, 1.165) is 11.1 Å². The number of halogens is 2. The Bertz CT molecular complexity index is 754. The van der Waals surface area contributed by atoms with Crippen molar-refractivity contribution in [2.75, 3.05) is 12.4 Å². The second-order valence-electron chi connectivity index (χ2n) is 6.87. The zero-order chi connectivity index (χ0) is 18.1. The van der Waals surface area contributed by atoms with Gasteiger partial charge in [-0.1, -0.05) is 32.4 Å². The third-order valence-corrected chi connectivity index (χ3v) is 4.33. The molecule has 0 amide bonds. The molecule has 0 spiro atoms. The number of hydrogen-bond donors (Lipinski definition) is 2. The van der Waals surface area contributed by atoms with Crippen molar-refractivity contribution in [3.8, 4) is 11.5 Å². The van der Waals surface area contributed by atoms with Crippen LogP contribution < -0.4 is 10.1 Å². The number of benzene rings is 2. The molecule has 5 heteroatoms. The largest absolute Gasteiger partial charge is 0.508 e. The van der Waals surface area contributed by atoms with Crippen molar-refractivity contribution < 1.29 is 14.2 Å². The molecule has 2 N–H and O–H groups in total. The van der Waals surface area contributed by atoms with E-state index >= 15 is 0 Å². The summed E-state index contributed by atoms with van der Waals surface area (Å²) in [5.74, 6) is 0.343. The van der Waals surface area contributed by atoms with Crippen LogP contribution in [0.5, 0.6) is 11.5 Å². The standard InChI is InChI=1S/C19H23ClFNO2/c1-11-6-18(24-5)12(7-14(11)20)10-22-16-9-17(23)13(8-15(16)21)19(2,3)4/h6-9,22-23H,10H2,1-5H3. The zero-order valence-corrected chi connectivity index (χ0v) is 15.4. The first-order valence-corrected chi connectivity index (χ1v) is 8.11. The van der Waals surface area contributed by atoms with Crippen molar-refractivity contribution >= 4 is 17.3 Å². The van der Waals surface area contributed by atoms with Gasteiger partial charge in [0.15, 0.2) is 0 Å². The summed E-state index contributed by atoms with van der Waals surface area (Å²) < 4.78 is 19.7. The predicted octanol–water partition coefficient (Wildman–Crippen LogP) is 5.41. The Morgan fingerprint density at radius 1 is 1.21 bits per heavy atom. The number of methoxy groups -OCH3 is 1. The fraction of sp³-hybridized carbons (Fsp3) is 0.368. The molecule has 2 aromatic rings. The lowest BCUT2D eigenvalue weighted by Crippen LogP contribution is -2.12. The molecule has 0 aliphatic carbocycles. The first kappa shape index (κ1) is 18.4. The summed E-state index contributed by atoms with van der Waals surface area (Å²) in [4.78, 5) is 0. The van der Waals surface area contributed by atoms with Crippen molar-refractivity contribution in [3.05, 3.63) is 51.8 Å². The lowest BCUT2D eigenvalue weighted by Gasteiger charge is -2.21. The van der Waals surface area contributed by atoms with E-state index in [2.05, 4.69) is 5.32 Å². The topological polar surface area (TPSA) is 41.5 Å². The van der Waals surface area contributed by atoms with Gasteiger partial charge in [-0.2, -0.15) is 0 Å². The van der Waals surface area contributed by atoms with Crippen LogP contribution in [-0.4, -0.2) is 12.2 Å². The highest BCUT2D eigenvalue weighted by molar-refractivity contribution is 6.31. The Kier molecular flexibility index (Phi) is 5.29. The second kappa shape index (κ2) is 6.89. The van der Waals surface area contributed by atoms with Gasteiger partial charge in [0, 0.05) is 28.8 Å². The van der Waals surface area contributed by atoms with Crippen molar-refractivity contribution in [1.29, 1.82) is 0 Å². The Morgan fingerprint density at radius 3 is 2.46 bits per heavy atom. The smallest absolute Gasteiger partial charge is 0.146 e. The fourth-order valence-electron chi connectivity index (χ4n) is 2.51. The average molecular weight is 352 g/mol. The molecule has 0 unspecified atom stereocenters. The van der Waals surface area contributed by atoms with Gasteiger partial charge in [-0.15, -0.1) is 0 Å². The Balaban J connectivity index is 2.27. The molecule has 0 atom stereocenters. The third kappa shape index (κ3) is 3.93. The third-order valence-electron chi connectivity index (χ3n) is 3.92. The normalized spacial score (nSPS) is 11.5. The number of rotatable bonds is 4.